The molecule has 0 unspecified atom stereocenters. The molecule has 0 aliphatic rings. The van der Waals surface area contributed by atoms with Gasteiger partial charge in [-0.3, -0.25) is 0 Å². The predicted octanol–water partition coefficient (Wildman–Crippen LogP) is 1.84. The topological polar surface area (TPSA) is 62.7 Å². The van der Waals surface area contributed by atoms with E-state index in [0.29, 0.717) is 44.7 Å². The minimum atomic E-state index is 0.0897. The van der Waals surface area contributed by atoms with Crippen LogP contribution in [0.1, 0.15) is 0 Å². The average Bonchev–Trinajstić information content (AvgIpc) is 2.40. The molecule has 19 heavy (non-hydrogen) atoms. The SMILES string of the molecule is COCCOCCOCCOc1nc(Cl)ncc1Cl. The van der Waals surface area contributed by atoms with Crippen molar-refractivity contribution in [1.82, 2.24) is 9.97 Å². The summed E-state index contributed by atoms with van der Waals surface area (Å²) in [5, 5.41) is 0.402. The van der Waals surface area contributed by atoms with Crippen LogP contribution >= 0.6 is 23.2 Å². The lowest BCUT2D eigenvalue weighted by Crippen LogP contribution is -2.12. The molecule has 1 heterocycles. The number of methoxy groups -OCH3 is 1. The number of hydrogen-bond donors (Lipinski definition) is 0. The van der Waals surface area contributed by atoms with Gasteiger partial charge in [-0.25, -0.2) is 4.98 Å². The third kappa shape index (κ3) is 7.49. The lowest BCUT2D eigenvalue weighted by molar-refractivity contribution is 0.0176. The Morgan fingerprint density at radius 2 is 1.63 bits per heavy atom. The Hall–Kier alpha value is -0.660. The normalized spacial score (nSPS) is 10.7. The molecule has 0 N–H and O–H groups in total. The smallest absolute Gasteiger partial charge is 0.237 e. The van der Waals surface area contributed by atoms with Crippen LogP contribution in [0.5, 0.6) is 5.88 Å². The second-order valence-corrected chi connectivity index (χ2v) is 4.10. The molecule has 6 nitrogen and oxygen atoms in total. The molecule has 0 saturated carbocycles. The van der Waals surface area contributed by atoms with Crippen molar-refractivity contribution in [1.29, 1.82) is 0 Å². The van der Waals surface area contributed by atoms with Gasteiger partial charge in [0, 0.05) is 7.11 Å². The van der Waals surface area contributed by atoms with Crippen LogP contribution in [-0.4, -0.2) is 56.7 Å². The van der Waals surface area contributed by atoms with Gasteiger partial charge in [0.1, 0.15) is 11.6 Å². The van der Waals surface area contributed by atoms with Gasteiger partial charge in [0.25, 0.3) is 0 Å². The van der Waals surface area contributed by atoms with E-state index in [-0.39, 0.29) is 11.2 Å². The highest BCUT2D eigenvalue weighted by Gasteiger charge is 2.05. The van der Waals surface area contributed by atoms with Crippen molar-refractivity contribution < 1.29 is 18.9 Å². The molecule has 0 radical (unpaired) electrons. The number of ether oxygens (including phenoxy) is 4. The second-order valence-electron chi connectivity index (χ2n) is 3.36. The van der Waals surface area contributed by atoms with Gasteiger partial charge in [0.2, 0.25) is 11.2 Å². The molecule has 0 fully saturated rings. The van der Waals surface area contributed by atoms with E-state index in [1.165, 1.54) is 6.20 Å². The minimum absolute atomic E-state index is 0.0897. The first-order valence-corrected chi connectivity index (χ1v) is 6.45. The zero-order chi connectivity index (χ0) is 13.9. The Morgan fingerprint density at radius 1 is 1.00 bits per heavy atom. The molecule has 0 aromatic carbocycles. The van der Waals surface area contributed by atoms with Crippen LogP contribution in [0.15, 0.2) is 6.20 Å². The maximum absolute atomic E-state index is 5.83. The molecule has 0 aliphatic heterocycles. The molecular formula is C11H16Cl2N2O4. The monoisotopic (exact) mass is 310 g/mol. The summed E-state index contributed by atoms with van der Waals surface area (Å²) in [5.41, 5.74) is 0. The van der Waals surface area contributed by atoms with E-state index in [4.69, 9.17) is 42.1 Å². The fraction of sp³-hybridized carbons (Fsp3) is 0.636. The fourth-order valence-corrected chi connectivity index (χ4v) is 1.37. The predicted molar refractivity (Wildman–Crippen MR) is 71.1 cm³/mol. The summed E-state index contributed by atoms with van der Waals surface area (Å²) in [4.78, 5) is 7.56. The van der Waals surface area contributed by atoms with Crippen molar-refractivity contribution >= 4 is 23.2 Å². The van der Waals surface area contributed by atoms with Crippen LogP contribution in [0.2, 0.25) is 10.3 Å². The average molecular weight is 311 g/mol. The van der Waals surface area contributed by atoms with Crippen molar-refractivity contribution in [3.8, 4) is 5.88 Å². The largest absolute Gasteiger partial charge is 0.474 e. The van der Waals surface area contributed by atoms with Gasteiger partial charge < -0.3 is 18.9 Å². The quantitative estimate of drug-likeness (QED) is 0.485. The maximum Gasteiger partial charge on any atom is 0.237 e. The van der Waals surface area contributed by atoms with Crippen molar-refractivity contribution in [3.05, 3.63) is 16.5 Å². The van der Waals surface area contributed by atoms with Crippen LogP contribution in [-0.2, 0) is 14.2 Å². The highest BCUT2D eigenvalue weighted by molar-refractivity contribution is 6.32. The Balaban J connectivity index is 2.03. The minimum Gasteiger partial charge on any atom is -0.474 e. The molecule has 108 valence electrons. The van der Waals surface area contributed by atoms with Crippen LogP contribution in [0, 0.1) is 0 Å². The van der Waals surface area contributed by atoms with Gasteiger partial charge >= 0.3 is 0 Å². The number of halogens is 2. The van der Waals surface area contributed by atoms with Crippen LogP contribution in [0.3, 0.4) is 0 Å². The second kappa shape index (κ2) is 10.2. The van der Waals surface area contributed by atoms with Crippen molar-refractivity contribution in [2.24, 2.45) is 0 Å². The molecule has 0 atom stereocenters. The van der Waals surface area contributed by atoms with E-state index in [9.17, 15) is 0 Å². The number of hydrogen-bond acceptors (Lipinski definition) is 6. The highest BCUT2D eigenvalue weighted by Crippen LogP contribution is 2.21. The lowest BCUT2D eigenvalue weighted by atomic mass is 10.6. The molecule has 8 heteroatoms. The van der Waals surface area contributed by atoms with Gasteiger partial charge in [-0.05, 0) is 11.6 Å². The highest BCUT2D eigenvalue weighted by atomic mass is 35.5. The standard InChI is InChI=1S/C11H16Cl2N2O4/c1-16-2-3-17-4-5-18-6-7-19-10-9(12)8-14-11(13)15-10/h8H,2-7H2,1H3. The van der Waals surface area contributed by atoms with Gasteiger partial charge in [0.05, 0.1) is 39.2 Å². The van der Waals surface area contributed by atoms with Crippen LogP contribution < -0.4 is 4.74 Å². The third-order valence-corrected chi connectivity index (χ3v) is 2.39. The third-order valence-electron chi connectivity index (χ3n) is 1.95. The molecule has 1 aromatic rings. The summed E-state index contributed by atoms with van der Waals surface area (Å²) in [6.07, 6.45) is 1.39. The van der Waals surface area contributed by atoms with E-state index < -0.39 is 0 Å². The Bertz CT molecular complexity index is 369. The molecular weight excluding hydrogens is 295 g/mol. The van der Waals surface area contributed by atoms with Gasteiger partial charge in [-0.15, -0.1) is 0 Å². The first-order chi connectivity index (χ1) is 9.24. The van der Waals surface area contributed by atoms with Gasteiger partial charge in [-0.1, -0.05) is 11.6 Å². The van der Waals surface area contributed by atoms with Gasteiger partial charge in [0.15, 0.2) is 0 Å². The summed E-state index contributed by atoms with van der Waals surface area (Å²) >= 11 is 11.4. The molecule has 0 bridgehead atoms. The molecule has 1 aromatic heterocycles. The summed E-state index contributed by atoms with van der Waals surface area (Å²) < 4.78 is 20.7. The first kappa shape index (κ1) is 16.4. The summed E-state index contributed by atoms with van der Waals surface area (Å²) in [7, 11) is 1.63. The first-order valence-electron chi connectivity index (χ1n) is 5.69. The zero-order valence-electron chi connectivity index (χ0n) is 10.6. The number of nitrogens with zero attached hydrogens (tertiary/aromatic N) is 2. The van der Waals surface area contributed by atoms with Crippen LogP contribution in [0.25, 0.3) is 0 Å². The summed E-state index contributed by atoms with van der Waals surface area (Å²) in [6, 6.07) is 0. The molecule has 0 spiro atoms. The molecule has 0 aliphatic carbocycles. The van der Waals surface area contributed by atoms with E-state index in [1.807, 2.05) is 0 Å². The Morgan fingerprint density at radius 3 is 2.32 bits per heavy atom. The van der Waals surface area contributed by atoms with E-state index >= 15 is 0 Å². The van der Waals surface area contributed by atoms with Crippen molar-refractivity contribution in [3.63, 3.8) is 0 Å². The van der Waals surface area contributed by atoms with Gasteiger partial charge in [-0.2, -0.15) is 4.98 Å². The van der Waals surface area contributed by atoms with E-state index in [1.54, 1.807) is 7.11 Å². The molecule has 0 amide bonds. The van der Waals surface area contributed by atoms with E-state index in [2.05, 4.69) is 9.97 Å². The summed E-state index contributed by atoms with van der Waals surface area (Å²) in [6.45, 7) is 2.88. The summed E-state index contributed by atoms with van der Waals surface area (Å²) in [5.74, 6) is 0.251. The number of rotatable bonds is 10. The zero-order valence-corrected chi connectivity index (χ0v) is 12.1. The lowest BCUT2D eigenvalue weighted by Gasteiger charge is -2.08. The van der Waals surface area contributed by atoms with Crippen molar-refractivity contribution in [2.75, 3.05) is 46.8 Å². The van der Waals surface area contributed by atoms with E-state index in [0.717, 1.165) is 0 Å². The van der Waals surface area contributed by atoms with Crippen LogP contribution in [0.4, 0.5) is 0 Å². The maximum atomic E-state index is 5.83. The van der Waals surface area contributed by atoms with Crippen molar-refractivity contribution in [2.45, 2.75) is 0 Å². The fourth-order valence-electron chi connectivity index (χ4n) is 1.09. The number of aromatic nitrogens is 2. The molecule has 1 rings (SSSR count). The Kier molecular flexibility index (Phi) is 8.77. The molecule has 0 saturated heterocycles. The Labute approximate surface area is 121 Å².